The number of ether oxygens (including phenoxy) is 3. The van der Waals surface area contributed by atoms with E-state index in [9.17, 15) is 17.6 Å². The van der Waals surface area contributed by atoms with Crippen LogP contribution in [0.2, 0.25) is 0 Å². The highest BCUT2D eigenvalue weighted by atomic mass is 32.2. The van der Waals surface area contributed by atoms with E-state index in [-0.39, 0.29) is 33.7 Å². The summed E-state index contributed by atoms with van der Waals surface area (Å²) < 4.78 is 57.1. The predicted molar refractivity (Wildman–Crippen MR) is 103 cm³/mol. The molecule has 1 atom stereocenters. The topological polar surface area (TPSA) is 103 Å². The predicted octanol–water partition coefficient (Wildman–Crippen LogP) is 2.16. The van der Waals surface area contributed by atoms with Gasteiger partial charge in [0.2, 0.25) is 10.0 Å². The van der Waals surface area contributed by atoms with Crippen molar-refractivity contribution in [1.29, 1.82) is 0 Å². The first-order valence-corrected chi connectivity index (χ1v) is 10.3. The summed E-state index contributed by atoms with van der Waals surface area (Å²) >= 11 is 0. The number of rotatable bonds is 7. The summed E-state index contributed by atoms with van der Waals surface area (Å²) in [5, 5.41) is 2.53. The van der Waals surface area contributed by atoms with Crippen LogP contribution >= 0.6 is 0 Å². The molecule has 0 aromatic heterocycles. The normalized spacial score (nSPS) is 16.4. The number of carbonyl (C=O) groups is 1. The standard InChI is InChI=1S/C19H21FN2O6S/c1-26-17-7-6-13(29(24,25)22-12-8-9-28-11-12)10-14(17)19(23)21-16-5-3-4-15(20)18(16)27-2/h3-7,10,12,22H,8-9,11H2,1-2H3,(H,21,23). The molecule has 10 heteroatoms. The molecule has 3 rings (SSSR count). The van der Waals surface area contributed by atoms with Gasteiger partial charge in [0.25, 0.3) is 5.91 Å². The van der Waals surface area contributed by atoms with E-state index in [0.717, 1.165) is 0 Å². The Morgan fingerprint density at radius 1 is 1.21 bits per heavy atom. The highest BCUT2D eigenvalue weighted by molar-refractivity contribution is 7.89. The van der Waals surface area contributed by atoms with Gasteiger partial charge in [-0.2, -0.15) is 0 Å². The molecule has 1 aliphatic rings. The minimum atomic E-state index is -3.87. The molecule has 0 spiro atoms. The molecule has 2 aromatic carbocycles. The summed E-state index contributed by atoms with van der Waals surface area (Å²) in [5.41, 5.74) is 0.0819. The minimum Gasteiger partial charge on any atom is -0.496 e. The smallest absolute Gasteiger partial charge is 0.259 e. The molecule has 0 aliphatic carbocycles. The van der Waals surface area contributed by atoms with Gasteiger partial charge in [-0.05, 0) is 36.8 Å². The van der Waals surface area contributed by atoms with Crippen LogP contribution in [0.25, 0.3) is 0 Å². The summed E-state index contributed by atoms with van der Waals surface area (Å²) in [6, 6.07) is 7.69. The van der Waals surface area contributed by atoms with Crippen molar-refractivity contribution in [3.8, 4) is 11.5 Å². The van der Waals surface area contributed by atoms with Crippen molar-refractivity contribution >= 4 is 21.6 Å². The van der Waals surface area contributed by atoms with E-state index in [1.54, 1.807) is 0 Å². The number of nitrogens with one attached hydrogen (secondary N) is 2. The van der Waals surface area contributed by atoms with Gasteiger partial charge in [0.1, 0.15) is 5.75 Å². The zero-order valence-electron chi connectivity index (χ0n) is 15.9. The number of carbonyl (C=O) groups excluding carboxylic acids is 1. The Morgan fingerprint density at radius 3 is 2.66 bits per heavy atom. The number of anilines is 1. The van der Waals surface area contributed by atoms with Gasteiger partial charge in [-0.3, -0.25) is 4.79 Å². The van der Waals surface area contributed by atoms with Crippen LogP contribution in [-0.2, 0) is 14.8 Å². The fraction of sp³-hybridized carbons (Fsp3) is 0.316. The lowest BCUT2D eigenvalue weighted by Crippen LogP contribution is -2.35. The SMILES string of the molecule is COc1ccc(S(=O)(=O)NC2CCOC2)cc1C(=O)Nc1cccc(F)c1OC. The minimum absolute atomic E-state index is 0.0237. The number of sulfonamides is 1. The second kappa shape index (κ2) is 8.76. The quantitative estimate of drug-likeness (QED) is 0.706. The summed E-state index contributed by atoms with van der Waals surface area (Å²) in [5.74, 6) is -1.28. The Kier molecular flexibility index (Phi) is 6.36. The van der Waals surface area contributed by atoms with Gasteiger partial charge >= 0.3 is 0 Å². The third-order valence-electron chi connectivity index (χ3n) is 4.40. The van der Waals surface area contributed by atoms with E-state index in [1.165, 1.54) is 50.6 Å². The van der Waals surface area contributed by atoms with Gasteiger partial charge in [-0.15, -0.1) is 0 Å². The lowest BCUT2D eigenvalue weighted by molar-refractivity contribution is 0.102. The average molecular weight is 424 g/mol. The third kappa shape index (κ3) is 4.66. The van der Waals surface area contributed by atoms with Crippen molar-refractivity contribution in [3.05, 3.63) is 47.8 Å². The zero-order chi connectivity index (χ0) is 21.0. The molecule has 1 fully saturated rings. The Balaban J connectivity index is 1.91. The van der Waals surface area contributed by atoms with Crippen LogP contribution < -0.4 is 19.5 Å². The van der Waals surface area contributed by atoms with Gasteiger partial charge in [-0.25, -0.2) is 17.5 Å². The first-order chi connectivity index (χ1) is 13.9. The van der Waals surface area contributed by atoms with Gasteiger partial charge in [0.05, 0.1) is 37.0 Å². The van der Waals surface area contributed by atoms with E-state index >= 15 is 0 Å². The fourth-order valence-electron chi connectivity index (χ4n) is 2.95. The number of amides is 1. The molecular formula is C19H21FN2O6S. The molecule has 2 aromatic rings. The van der Waals surface area contributed by atoms with Crippen LogP contribution in [-0.4, -0.2) is 47.8 Å². The molecule has 0 saturated carbocycles. The summed E-state index contributed by atoms with van der Waals surface area (Å²) in [4.78, 5) is 12.7. The molecule has 1 unspecified atom stereocenters. The Hall–Kier alpha value is -2.69. The molecule has 0 radical (unpaired) electrons. The Morgan fingerprint density at radius 2 is 2.00 bits per heavy atom. The van der Waals surface area contributed by atoms with Crippen molar-refractivity contribution in [1.82, 2.24) is 4.72 Å². The molecule has 156 valence electrons. The van der Waals surface area contributed by atoms with E-state index in [4.69, 9.17) is 14.2 Å². The molecule has 1 saturated heterocycles. The van der Waals surface area contributed by atoms with E-state index in [2.05, 4.69) is 10.0 Å². The maximum atomic E-state index is 13.9. The van der Waals surface area contributed by atoms with Crippen LogP contribution in [0.5, 0.6) is 11.5 Å². The van der Waals surface area contributed by atoms with Crippen molar-refractivity contribution in [2.45, 2.75) is 17.4 Å². The highest BCUT2D eigenvalue weighted by Crippen LogP contribution is 2.29. The molecule has 1 heterocycles. The number of benzene rings is 2. The maximum Gasteiger partial charge on any atom is 0.259 e. The van der Waals surface area contributed by atoms with Crippen molar-refractivity contribution in [2.24, 2.45) is 0 Å². The van der Waals surface area contributed by atoms with Crippen molar-refractivity contribution in [3.63, 3.8) is 0 Å². The molecule has 1 aliphatic heterocycles. The van der Waals surface area contributed by atoms with Gasteiger partial charge in [0.15, 0.2) is 11.6 Å². The molecule has 8 nitrogen and oxygen atoms in total. The van der Waals surface area contributed by atoms with E-state index in [0.29, 0.717) is 19.6 Å². The first-order valence-electron chi connectivity index (χ1n) is 8.77. The van der Waals surface area contributed by atoms with Gasteiger partial charge in [-0.1, -0.05) is 6.07 Å². The highest BCUT2D eigenvalue weighted by Gasteiger charge is 2.25. The molecule has 2 N–H and O–H groups in total. The van der Waals surface area contributed by atoms with Crippen LogP contribution in [0.15, 0.2) is 41.3 Å². The van der Waals surface area contributed by atoms with Crippen LogP contribution in [0.1, 0.15) is 16.8 Å². The lowest BCUT2D eigenvalue weighted by Gasteiger charge is -2.15. The summed E-state index contributed by atoms with van der Waals surface area (Å²) in [6.07, 6.45) is 0.572. The molecule has 29 heavy (non-hydrogen) atoms. The number of hydrogen-bond donors (Lipinski definition) is 2. The maximum absolute atomic E-state index is 13.9. The van der Waals surface area contributed by atoms with Crippen LogP contribution in [0.3, 0.4) is 0 Å². The van der Waals surface area contributed by atoms with Gasteiger partial charge < -0.3 is 19.5 Å². The van der Waals surface area contributed by atoms with Gasteiger partial charge in [0, 0.05) is 12.6 Å². The second-order valence-corrected chi connectivity index (χ2v) is 8.03. The number of halogens is 1. The molecular weight excluding hydrogens is 403 g/mol. The monoisotopic (exact) mass is 424 g/mol. The molecule has 0 bridgehead atoms. The van der Waals surface area contributed by atoms with Crippen molar-refractivity contribution in [2.75, 3.05) is 32.8 Å². The lowest BCUT2D eigenvalue weighted by atomic mass is 10.1. The number of para-hydroxylation sites is 1. The first kappa shape index (κ1) is 21.0. The average Bonchev–Trinajstić information content (AvgIpc) is 3.20. The van der Waals surface area contributed by atoms with Crippen LogP contribution in [0, 0.1) is 5.82 Å². The summed E-state index contributed by atoms with van der Waals surface area (Å²) in [7, 11) is -1.23. The second-order valence-electron chi connectivity index (χ2n) is 6.32. The molecule has 1 amide bonds. The van der Waals surface area contributed by atoms with Crippen LogP contribution in [0.4, 0.5) is 10.1 Å². The Bertz CT molecular complexity index is 1010. The van der Waals surface area contributed by atoms with Crippen molar-refractivity contribution < 1.29 is 31.8 Å². The van der Waals surface area contributed by atoms with E-state index in [1.807, 2.05) is 0 Å². The number of hydrogen-bond acceptors (Lipinski definition) is 6. The van der Waals surface area contributed by atoms with E-state index < -0.39 is 21.7 Å². The third-order valence-corrected chi connectivity index (χ3v) is 5.91. The Labute approximate surface area is 168 Å². The zero-order valence-corrected chi connectivity index (χ0v) is 16.7. The largest absolute Gasteiger partial charge is 0.496 e. The number of methoxy groups -OCH3 is 2. The summed E-state index contributed by atoms with van der Waals surface area (Å²) in [6.45, 7) is 0.779. The fourth-order valence-corrected chi connectivity index (χ4v) is 4.23.